The second-order valence-electron chi connectivity index (χ2n) is 7.24. The average molecular weight is 392 g/mol. The molecule has 1 amide bonds. The number of imidazole rings is 1. The Bertz CT molecular complexity index is 931. The van der Waals surface area contributed by atoms with Crippen LogP contribution in [0.1, 0.15) is 48.3 Å². The van der Waals surface area contributed by atoms with Gasteiger partial charge in [-0.3, -0.25) is 4.79 Å². The van der Waals surface area contributed by atoms with Crippen LogP contribution in [-0.4, -0.2) is 22.6 Å². The SMILES string of the molecule is CCCCc1ccc(CC(=O)NC(c2ccccc2OC)c2nccn2C)cc1. The molecule has 1 N–H and O–H groups in total. The van der Waals surface area contributed by atoms with Crippen LogP contribution in [0, 0.1) is 0 Å². The minimum Gasteiger partial charge on any atom is -0.496 e. The molecule has 1 atom stereocenters. The molecule has 5 heteroatoms. The lowest BCUT2D eigenvalue weighted by Crippen LogP contribution is -2.32. The number of aryl methyl sites for hydroxylation is 2. The largest absolute Gasteiger partial charge is 0.496 e. The van der Waals surface area contributed by atoms with E-state index in [1.54, 1.807) is 13.3 Å². The quantitative estimate of drug-likeness (QED) is 0.594. The van der Waals surface area contributed by atoms with E-state index in [0.717, 1.165) is 29.1 Å². The summed E-state index contributed by atoms with van der Waals surface area (Å²) < 4.78 is 7.44. The molecule has 2 aromatic carbocycles. The number of nitrogens with zero attached hydrogens (tertiary/aromatic N) is 2. The van der Waals surface area contributed by atoms with Gasteiger partial charge in [-0.1, -0.05) is 55.8 Å². The number of unbranched alkanes of at least 4 members (excludes halogenated alkanes) is 1. The summed E-state index contributed by atoms with van der Waals surface area (Å²) in [7, 11) is 3.56. The monoisotopic (exact) mass is 391 g/mol. The summed E-state index contributed by atoms with van der Waals surface area (Å²) in [6.07, 6.45) is 7.38. The molecular formula is C24H29N3O2. The summed E-state index contributed by atoms with van der Waals surface area (Å²) in [5.41, 5.74) is 3.20. The molecule has 152 valence electrons. The van der Waals surface area contributed by atoms with Crippen LogP contribution in [0.2, 0.25) is 0 Å². The number of carbonyl (C=O) groups is 1. The second-order valence-corrected chi connectivity index (χ2v) is 7.24. The molecule has 0 saturated heterocycles. The number of benzene rings is 2. The third-order valence-corrected chi connectivity index (χ3v) is 5.08. The Kier molecular flexibility index (Phi) is 7.06. The van der Waals surface area contributed by atoms with Gasteiger partial charge in [0.1, 0.15) is 17.6 Å². The molecule has 0 aliphatic carbocycles. The first kappa shape index (κ1) is 20.6. The fourth-order valence-electron chi connectivity index (χ4n) is 3.44. The number of hydrogen-bond donors (Lipinski definition) is 1. The molecule has 0 spiro atoms. The number of methoxy groups -OCH3 is 1. The Morgan fingerprint density at radius 1 is 1.14 bits per heavy atom. The smallest absolute Gasteiger partial charge is 0.225 e. The zero-order valence-corrected chi connectivity index (χ0v) is 17.4. The van der Waals surface area contributed by atoms with Gasteiger partial charge < -0.3 is 14.6 Å². The van der Waals surface area contributed by atoms with Crippen molar-refractivity contribution in [1.82, 2.24) is 14.9 Å². The van der Waals surface area contributed by atoms with E-state index in [-0.39, 0.29) is 11.9 Å². The third kappa shape index (κ3) is 5.25. The summed E-state index contributed by atoms with van der Waals surface area (Å²) in [4.78, 5) is 17.3. The van der Waals surface area contributed by atoms with Crippen LogP contribution in [0.3, 0.4) is 0 Å². The van der Waals surface area contributed by atoms with Crippen molar-refractivity contribution in [2.24, 2.45) is 7.05 Å². The standard InChI is InChI=1S/C24H29N3O2/c1-4-5-8-18-11-13-19(14-12-18)17-22(28)26-23(24-25-15-16-27(24)2)20-9-6-7-10-21(20)29-3/h6-7,9-16,23H,4-5,8,17H2,1-3H3,(H,26,28). The van der Waals surface area contributed by atoms with E-state index in [0.29, 0.717) is 6.42 Å². The predicted octanol–water partition coefficient (Wildman–Crippen LogP) is 4.22. The Morgan fingerprint density at radius 2 is 1.86 bits per heavy atom. The average Bonchev–Trinajstić information content (AvgIpc) is 3.17. The Balaban J connectivity index is 1.77. The molecule has 0 radical (unpaired) electrons. The zero-order chi connectivity index (χ0) is 20.6. The lowest BCUT2D eigenvalue weighted by molar-refractivity contribution is -0.121. The Morgan fingerprint density at radius 3 is 2.52 bits per heavy atom. The normalized spacial score (nSPS) is 11.8. The number of nitrogens with one attached hydrogen (secondary N) is 1. The van der Waals surface area contributed by atoms with Crippen LogP contribution in [0.15, 0.2) is 60.9 Å². The molecule has 0 aliphatic rings. The maximum atomic E-state index is 12.9. The fraction of sp³-hybridized carbons (Fsp3) is 0.333. The van der Waals surface area contributed by atoms with Crippen molar-refractivity contribution in [2.75, 3.05) is 7.11 Å². The van der Waals surface area contributed by atoms with Crippen molar-refractivity contribution in [3.05, 3.63) is 83.4 Å². The van der Waals surface area contributed by atoms with E-state index >= 15 is 0 Å². The first-order valence-corrected chi connectivity index (χ1v) is 10.1. The van der Waals surface area contributed by atoms with Gasteiger partial charge in [0.2, 0.25) is 5.91 Å². The van der Waals surface area contributed by atoms with Crippen molar-refractivity contribution >= 4 is 5.91 Å². The summed E-state index contributed by atoms with van der Waals surface area (Å²) in [5.74, 6) is 1.43. The summed E-state index contributed by atoms with van der Waals surface area (Å²) in [5, 5.41) is 3.15. The fourth-order valence-corrected chi connectivity index (χ4v) is 3.44. The number of rotatable bonds is 9. The molecule has 1 aromatic heterocycles. The van der Waals surface area contributed by atoms with E-state index < -0.39 is 0 Å². The van der Waals surface area contributed by atoms with Gasteiger partial charge in [0, 0.05) is 25.0 Å². The lowest BCUT2D eigenvalue weighted by atomic mass is 10.0. The van der Waals surface area contributed by atoms with Crippen LogP contribution in [0.4, 0.5) is 0 Å². The third-order valence-electron chi connectivity index (χ3n) is 5.08. The summed E-state index contributed by atoms with van der Waals surface area (Å²) >= 11 is 0. The van der Waals surface area contributed by atoms with Crippen molar-refractivity contribution < 1.29 is 9.53 Å². The summed E-state index contributed by atoms with van der Waals surface area (Å²) in [6, 6.07) is 15.7. The van der Waals surface area contributed by atoms with E-state index in [2.05, 4.69) is 29.4 Å². The van der Waals surface area contributed by atoms with E-state index in [4.69, 9.17) is 4.74 Å². The molecule has 3 aromatic rings. The highest BCUT2D eigenvalue weighted by atomic mass is 16.5. The molecule has 0 fully saturated rings. The second kappa shape index (κ2) is 9.92. The first-order chi connectivity index (χ1) is 14.1. The minimum atomic E-state index is -0.387. The molecular weight excluding hydrogens is 362 g/mol. The molecule has 0 aliphatic heterocycles. The van der Waals surface area contributed by atoms with Crippen molar-refractivity contribution in [2.45, 2.75) is 38.6 Å². The number of aromatic nitrogens is 2. The number of amides is 1. The van der Waals surface area contributed by atoms with Crippen molar-refractivity contribution in [3.8, 4) is 5.75 Å². The van der Waals surface area contributed by atoms with Crippen LogP contribution < -0.4 is 10.1 Å². The molecule has 0 saturated carbocycles. The molecule has 0 bridgehead atoms. The van der Waals surface area contributed by atoms with Gasteiger partial charge in [-0.2, -0.15) is 0 Å². The maximum Gasteiger partial charge on any atom is 0.225 e. The molecule has 5 nitrogen and oxygen atoms in total. The van der Waals surface area contributed by atoms with E-state index in [9.17, 15) is 4.79 Å². The minimum absolute atomic E-state index is 0.0507. The highest BCUT2D eigenvalue weighted by Crippen LogP contribution is 2.29. The topological polar surface area (TPSA) is 56.1 Å². The van der Waals surface area contributed by atoms with Gasteiger partial charge in [0.05, 0.1) is 13.5 Å². The highest BCUT2D eigenvalue weighted by molar-refractivity contribution is 5.79. The van der Waals surface area contributed by atoms with E-state index in [1.807, 2.05) is 54.2 Å². The van der Waals surface area contributed by atoms with Crippen LogP contribution in [0.25, 0.3) is 0 Å². The zero-order valence-electron chi connectivity index (χ0n) is 17.4. The lowest BCUT2D eigenvalue weighted by Gasteiger charge is -2.21. The number of para-hydroxylation sites is 1. The van der Waals surface area contributed by atoms with Crippen molar-refractivity contribution in [1.29, 1.82) is 0 Å². The van der Waals surface area contributed by atoms with Crippen LogP contribution in [0.5, 0.6) is 5.75 Å². The van der Waals surface area contributed by atoms with Gasteiger partial charge in [-0.25, -0.2) is 4.98 Å². The number of carbonyl (C=O) groups excluding carboxylic acids is 1. The van der Waals surface area contributed by atoms with Crippen LogP contribution >= 0.6 is 0 Å². The summed E-state index contributed by atoms with van der Waals surface area (Å²) in [6.45, 7) is 2.19. The maximum absolute atomic E-state index is 12.9. The highest BCUT2D eigenvalue weighted by Gasteiger charge is 2.23. The molecule has 1 heterocycles. The van der Waals surface area contributed by atoms with Gasteiger partial charge >= 0.3 is 0 Å². The molecule has 29 heavy (non-hydrogen) atoms. The number of hydrogen-bond acceptors (Lipinski definition) is 3. The van der Waals surface area contributed by atoms with Gasteiger partial charge in [-0.05, 0) is 30.0 Å². The van der Waals surface area contributed by atoms with Crippen LogP contribution in [-0.2, 0) is 24.7 Å². The number of ether oxygens (including phenoxy) is 1. The first-order valence-electron chi connectivity index (χ1n) is 10.1. The van der Waals surface area contributed by atoms with Crippen molar-refractivity contribution in [3.63, 3.8) is 0 Å². The van der Waals surface area contributed by atoms with Gasteiger partial charge in [0.15, 0.2) is 0 Å². The Hall–Kier alpha value is -3.08. The predicted molar refractivity (Wildman–Crippen MR) is 115 cm³/mol. The molecule has 3 rings (SSSR count). The molecule has 1 unspecified atom stereocenters. The van der Waals surface area contributed by atoms with Gasteiger partial charge in [-0.15, -0.1) is 0 Å². The van der Waals surface area contributed by atoms with E-state index in [1.165, 1.54) is 18.4 Å². The van der Waals surface area contributed by atoms with Gasteiger partial charge in [0.25, 0.3) is 0 Å². The Labute approximate surface area is 172 Å².